The van der Waals surface area contributed by atoms with Crippen LogP contribution in [0.3, 0.4) is 0 Å². The minimum Gasteiger partial charge on any atom is -0.355 e. The second-order valence-electron chi connectivity index (χ2n) is 6.07. The standard InChI is InChI=1S/C22H19N/c1-15-8-6-10-17-14-20(23-18-11-4-3-5-12-18)19-13-7-9-16(2)22(19)21(15)17/h3-7,9-12,14,23H,1-2,8,13H2. The van der Waals surface area contributed by atoms with Crippen LogP contribution >= 0.6 is 0 Å². The van der Waals surface area contributed by atoms with Gasteiger partial charge in [0.1, 0.15) is 0 Å². The summed E-state index contributed by atoms with van der Waals surface area (Å²) in [6.45, 7) is 8.54. The first-order valence-electron chi connectivity index (χ1n) is 7.96. The minimum atomic E-state index is 0.919. The van der Waals surface area contributed by atoms with Gasteiger partial charge in [0.2, 0.25) is 0 Å². The number of benzene rings is 2. The van der Waals surface area contributed by atoms with Gasteiger partial charge in [-0.25, -0.2) is 0 Å². The van der Waals surface area contributed by atoms with Gasteiger partial charge < -0.3 is 5.32 Å². The number of rotatable bonds is 2. The Hall–Kier alpha value is -2.80. The lowest BCUT2D eigenvalue weighted by molar-refractivity contribution is 1.20. The average molecular weight is 297 g/mol. The molecule has 0 amide bonds. The van der Waals surface area contributed by atoms with E-state index in [1.807, 2.05) is 18.2 Å². The number of fused-ring (bicyclic) bond motifs is 3. The molecule has 0 aliphatic heterocycles. The van der Waals surface area contributed by atoms with Crippen molar-refractivity contribution in [3.63, 3.8) is 0 Å². The second-order valence-corrected chi connectivity index (χ2v) is 6.07. The van der Waals surface area contributed by atoms with Crippen molar-refractivity contribution in [1.82, 2.24) is 0 Å². The molecule has 0 atom stereocenters. The lowest BCUT2D eigenvalue weighted by atomic mass is 9.80. The van der Waals surface area contributed by atoms with Crippen molar-refractivity contribution in [2.75, 3.05) is 5.32 Å². The highest BCUT2D eigenvalue weighted by Gasteiger charge is 2.22. The van der Waals surface area contributed by atoms with Crippen LogP contribution in [-0.4, -0.2) is 0 Å². The van der Waals surface area contributed by atoms with Crippen molar-refractivity contribution in [2.45, 2.75) is 12.8 Å². The smallest absolute Gasteiger partial charge is 0.0432 e. The lowest BCUT2D eigenvalue weighted by Gasteiger charge is -2.26. The van der Waals surface area contributed by atoms with Crippen molar-refractivity contribution in [1.29, 1.82) is 0 Å². The van der Waals surface area contributed by atoms with Crippen LogP contribution < -0.4 is 5.32 Å². The van der Waals surface area contributed by atoms with Crippen molar-refractivity contribution < 1.29 is 0 Å². The van der Waals surface area contributed by atoms with Crippen LogP contribution in [0.15, 0.2) is 67.8 Å². The number of hydrogen-bond acceptors (Lipinski definition) is 1. The number of para-hydroxylation sites is 1. The van der Waals surface area contributed by atoms with Gasteiger partial charge in [-0.05, 0) is 64.4 Å². The molecule has 0 fully saturated rings. The highest BCUT2D eigenvalue weighted by atomic mass is 14.9. The third-order valence-electron chi connectivity index (χ3n) is 4.50. The molecule has 2 aliphatic rings. The first-order valence-corrected chi connectivity index (χ1v) is 7.96. The van der Waals surface area contributed by atoms with E-state index in [0.29, 0.717) is 0 Å². The highest BCUT2D eigenvalue weighted by molar-refractivity contribution is 5.94. The van der Waals surface area contributed by atoms with Crippen molar-refractivity contribution in [3.05, 3.63) is 90.0 Å². The van der Waals surface area contributed by atoms with Crippen LogP contribution in [0.5, 0.6) is 0 Å². The van der Waals surface area contributed by atoms with E-state index < -0.39 is 0 Å². The first-order chi connectivity index (χ1) is 11.2. The molecule has 0 aromatic heterocycles. The lowest BCUT2D eigenvalue weighted by Crippen LogP contribution is -2.09. The number of nitrogens with one attached hydrogen (secondary N) is 1. The molecule has 0 radical (unpaired) electrons. The zero-order valence-electron chi connectivity index (χ0n) is 13.1. The monoisotopic (exact) mass is 297 g/mol. The topological polar surface area (TPSA) is 12.0 Å². The Morgan fingerprint density at radius 1 is 0.870 bits per heavy atom. The normalized spacial score (nSPS) is 15.3. The summed E-state index contributed by atoms with van der Waals surface area (Å²) in [4.78, 5) is 0. The van der Waals surface area contributed by atoms with Crippen molar-refractivity contribution in [3.8, 4) is 0 Å². The SMILES string of the molecule is C=C1CC=Cc2cc(Nc3ccccc3)c3c(c21)C(=C)C=CC3. The van der Waals surface area contributed by atoms with Crippen LogP contribution in [0.1, 0.15) is 28.7 Å². The molecule has 2 aromatic carbocycles. The molecule has 1 heteroatoms. The summed E-state index contributed by atoms with van der Waals surface area (Å²) in [7, 11) is 0. The largest absolute Gasteiger partial charge is 0.355 e. The van der Waals surface area contributed by atoms with Crippen LogP contribution in [0.25, 0.3) is 17.2 Å². The van der Waals surface area contributed by atoms with Crippen LogP contribution in [0.4, 0.5) is 11.4 Å². The van der Waals surface area contributed by atoms with E-state index in [1.54, 1.807) is 0 Å². The number of hydrogen-bond donors (Lipinski definition) is 1. The summed E-state index contributed by atoms with van der Waals surface area (Å²) in [5.41, 5.74) is 9.61. The van der Waals surface area contributed by atoms with E-state index in [4.69, 9.17) is 0 Å². The van der Waals surface area contributed by atoms with E-state index in [9.17, 15) is 0 Å². The Morgan fingerprint density at radius 3 is 2.48 bits per heavy atom. The summed E-state index contributed by atoms with van der Waals surface area (Å²) >= 11 is 0. The minimum absolute atomic E-state index is 0.919. The predicted molar refractivity (Wildman–Crippen MR) is 101 cm³/mol. The van der Waals surface area contributed by atoms with E-state index in [2.05, 4.69) is 61.0 Å². The molecule has 1 N–H and O–H groups in total. The second kappa shape index (κ2) is 5.44. The van der Waals surface area contributed by atoms with Crippen LogP contribution in [-0.2, 0) is 6.42 Å². The Balaban J connectivity index is 1.92. The Morgan fingerprint density at radius 2 is 1.65 bits per heavy atom. The fourth-order valence-corrected chi connectivity index (χ4v) is 3.44. The Kier molecular flexibility index (Phi) is 3.27. The zero-order chi connectivity index (χ0) is 15.8. The highest BCUT2D eigenvalue weighted by Crippen LogP contribution is 2.42. The third kappa shape index (κ3) is 2.35. The molecule has 0 spiro atoms. The van der Waals surface area contributed by atoms with Gasteiger partial charge in [-0.2, -0.15) is 0 Å². The van der Waals surface area contributed by atoms with Gasteiger partial charge in [-0.3, -0.25) is 0 Å². The predicted octanol–water partition coefficient (Wildman–Crippen LogP) is 5.99. The van der Waals surface area contributed by atoms with Gasteiger partial charge in [0.15, 0.2) is 0 Å². The van der Waals surface area contributed by atoms with Crippen LogP contribution in [0, 0.1) is 0 Å². The Labute approximate surface area is 137 Å². The van der Waals surface area contributed by atoms with Crippen molar-refractivity contribution in [2.24, 2.45) is 0 Å². The molecular formula is C22H19N. The molecule has 112 valence electrons. The van der Waals surface area contributed by atoms with Gasteiger partial charge >= 0.3 is 0 Å². The summed E-state index contributed by atoms with van der Waals surface area (Å²) in [6, 6.07) is 12.6. The molecule has 1 nitrogen and oxygen atoms in total. The first kappa shape index (κ1) is 13.8. The van der Waals surface area contributed by atoms with E-state index in [0.717, 1.165) is 29.8 Å². The Bertz CT molecular complexity index is 867. The van der Waals surface area contributed by atoms with Gasteiger partial charge in [0.05, 0.1) is 0 Å². The van der Waals surface area contributed by atoms with E-state index >= 15 is 0 Å². The quantitative estimate of drug-likeness (QED) is 0.718. The van der Waals surface area contributed by atoms with Gasteiger partial charge in [0.25, 0.3) is 0 Å². The molecule has 0 bridgehead atoms. The molecule has 0 unspecified atom stereocenters. The molecule has 0 saturated heterocycles. The molecule has 0 heterocycles. The van der Waals surface area contributed by atoms with Gasteiger partial charge in [-0.15, -0.1) is 0 Å². The van der Waals surface area contributed by atoms with E-state index in [-0.39, 0.29) is 0 Å². The maximum atomic E-state index is 4.27. The molecule has 2 aliphatic carbocycles. The summed E-state index contributed by atoms with van der Waals surface area (Å²) in [6.07, 6.45) is 10.5. The fourth-order valence-electron chi connectivity index (χ4n) is 3.44. The molecule has 2 aromatic rings. The van der Waals surface area contributed by atoms with E-state index in [1.165, 1.54) is 27.8 Å². The molecule has 4 rings (SSSR count). The number of allylic oxidation sites excluding steroid dienone is 5. The van der Waals surface area contributed by atoms with Gasteiger partial charge in [0, 0.05) is 11.4 Å². The van der Waals surface area contributed by atoms with Crippen LogP contribution in [0.2, 0.25) is 0 Å². The van der Waals surface area contributed by atoms with Gasteiger partial charge in [-0.1, -0.05) is 55.7 Å². The molecule has 0 saturated carbocycles. The fraction of sp³-hybridized carbons (Fsp3) is 0.0909. The summed E-state index contributed by atoms with van der Waals surface area (Å²) in [5.74, 6) is 0. The zero-order valence-corrected chi connectivity index (χ0v) is 13.1. The molecular weight excluding hydrogens is 278 g/mol. The van der Waals surface area contributed by atoms with Crippen molar-refractivity contribution >= 4 is 28.6 Å². The maximum Gasteiger partial charge on any atom is 0.0432 e. The third-order valence-corrected chi connectivity index (χ3v) is 4.50. The summed E-state index contributed by atoms with van der Waals surface area (Å²) in [5, 5.41) is 3.58. The average Bonchev–Trinajstić information content (AvgIpc) is 2.56. The molecule has 23 heavy (non-hydrogen) atoms. The number of anilines is 2. The summed E-state index contributed by atoms with van der Waals surface area (Å²) < 4.78 is 0. The maximum absolute atomic E-state index is 4.27.